The molecule has 3 heteroatoms. The average Bonchev–Trinajstić information content (AvgIpc) is 2.26. The van der Waals surface area contributed by atoms with Crippen LogP contribution in [0.3, 0.4) is 0 Å². The quantitative estimate of drug-likeness (QED) is 0.687. The molecule has 1 aliphatic rings. The summed E-state index contributed by atoms with van der Waals surface area (Å²) in [5, 5.41) is 17.7. The van der Waals surface area contributed by atoms with Crippen molar-refractivity contribution in [3.63, 3.8) is 0 Å². The molecule has 2 N–H and O–H groups in total. The van der Waals surface area contributed by atoms with E-state index in [1.54, 1.807) is 0 Å². The van der Waals surface area contributed by atoms with Gasteiger partial charge in [-0.15, -0.1) is 0 Å². The second-order valence-electron chi connectivity index (χ2n) is 4.53. The predicted octanol–water partition coefficient (Wildman–Crippen LogP) is 2.21. The number of aliphatic hydroxyl groups is 1. The molecule has 0 aliphatic heterocycles. The smallest absolute Gasteiger partial charge is 0.330 e. The van der Waals surface area contributed by atoms with Crippen LogP contribution in [0, 0.1) is 11.8 Å². The molecular formula is C12H20O3. The number of hydrogen-bond donors (Lipinski definition) is 2. The molecule has 0 aromatic heterocycles. The Morgan fingerprint density at radius 1 is 1.33 bits per heavy atom. The van der Waals surface area contributed by atoms with E-state index in [1.165, 1.54) is 6.42 Å². The normalized spacial score (nSPS) is 26.2. The predicted molar refractivity (Wildman–Crippen MR) is 58.5 cm³/mol. The molecular weight excluding hydrogens is 192 g/mol. The zero-order valence-electron chi connectivity index (χ0n) is 9.11. The van der Waals surface area contributed by atoms with Gasteiger partial charge in [0.2, 0.25) is 0 Å². The maximum Gasteiger partial charge on any atom is 0.330 e. The summed E-state index contributed by atoms with van der Waals surface area (Å²) in [5.41, 5.74) is 0.307. The van der Waals surface area contributed by atoms with E-state index in [0.717, 1.165) is 25.7 Å². The van der Waals surface area contributed by atoms with Gasteiger partial charge in [-0.05, 0) is 37.5 Å². The number of carbonyl (C=O) groups is 1. The molecule has 0 saturated heterocycles. The second-order valence-corrected chi connectivity index (χ2v) is 4.53. The first kappa shape index (κ1) is 12.2. The third kappa shape index (κ3) is 4.04. The molecule has 0 aromatic carbocycles. The Kier molecular flexibility index (Phi) is 4.82. The maximum atomic E-state index is 10.6. The van der Waals surface area contributed by atoms with Crippen molar-refractivity contribution >= 4 is 5.97 Å². The highest BCUT2D eigenvalue weighted by Gasteiger charge is 2.21. The lowest BCUT2D eigenvalue weighted by Gasteiger charge is -2.27. The van der Waals surface area contributed by atoms with E-state index in [4.69, 9.17) is 10.2 Å². The maximum absolute atomic E-state index is 10.6. The topological polar surface area (TPSA) is 57.5 Å². The lowest BCUT2D eigenvalue weighted by atomic mass is 9.79. The van der Waals surface area contributed by atoms with Crippen LogP contribution in [-0.4, -0.2) is 22.8 Å². The van der Waals surface area contributed by atoms with E-state index < -0.39 is 5.97 Å². The van der Waals surface area contributed by atoms with Gasteiger partial charge in [-0.1, -0.05) is 19.4 Å². The Morgan fingerprint density at radius 3 is 2.60 bits per heavy atom. The van der Waals surface area contributed by atoms with Crippen LogP contribution >= 0.6 is 0 Å². The molecule has 0 spiro atoms. The van der Waals surface area contributed by atoms with Crippen molar-refractivity contribution in [2.75, 3.05) is 6.61 Å². The Hall–Kier alpha value is -0.830. The Balaban J connectivity index is 2.26. The summed E-state index contributed by atoms with van der Waals surface area (Å²) >= 11 is 0. The van der Waals surface area contributed by atoms with Crippen LogP contribution < -0.4 is 0 Å². The monoisotopic (exact) mass is 212 g/mol. The fourth-order valence-electron chi connectivity index (χ4n) is 2.32. The van der Waals surface area contributed by atoms with Gasteiger partial charge < -0.3 is 10.2 Å². The second kappa shape index (κ2) is 5.91. The summed E-state index contributed by atoms with van der Waals surface area (Å²) in [7, 11) is 0. The Morgan fingerprint density at radius 2 is 2.00 bits per heavy atom. The highest BCUT2D eigenvalue weighted by atomic mass is 16.4. The number of aliphatic hydroxyl groups excluding tert-OH is 1. The zero-order valence-corrected chi connectivity index (χ0v) is 9.11. The summed E-state index contributed by atoms with van der Waals surface area (Å²) in [6.45, 7) is 3.80. The van der Waals surface area contributed by atoms with Gasteiger partial charge in [0, 0.05) is 12.2 Å². The molecule has 0 bridgehead atoms. The minimum absolute atomic E-state index is 0.274. The van der Waals surface area contributed by atoms with Crippen LogP contribution in [-0.2, 0) is 4.79 Å². The first-order valence-corrected chi connectivity index (χ1v) is 5.65. The summed E-state index contributed by atoms with van der Waals surface area (Å²) in [5.74, 6) is 0.123. The van der Waals surface area contributed by atoms with Crippen molar-refractivity contribution < 1.29 is 15.0 Å². The Labute approximate surface area is 90.8 Å². The summed E-state index contributed by atoms with van der Waals surface area (Å²) in [6.07, 6.45) is 5.98. The van der Waals surface area contributed by atoms with E-state index in [-0.39, 0.29) is 6.61 Å². The lowest BCUT2D eigenvalue weighted by Crippen LogP contribution is -2.18. The molecule has 86 valence electrons. The van der Waals surface area contributed by atoms with Gasteiger partial charge >= 0.3 is 5.97 Å². The van der Waals surface area contributed by atoms with Crippen LogP contribution in [0.5, 0.6) is 0 Å². The van der Waals surface area contributed by atoms with Gasteiger partial charge in [0.25, 0.3) is 0 Å². The first-order valence-electron chi connectivity index (χ1n) is 5.65. The van der Waals surface area contributed by atoms with Crippen LogP contribution in [0.1, 0.15) is 38.5 Å². The van der Waals surface area contributed by atoms with E-state index in [0.29, 0.717) is 23.8 Å². The van der Waals surface area contributed by atoms with Crippen LogP contribution in [0.4, 0.5) is 0 Å². The highest BCUT2D eigenvalue weighted by Crippen LogP contribution is 2.32. The fraction of sp³-hybridized carbons (Fsp3) is 0.750. The van der Waals surface area contributed by atoms with Gasteiger partial charge in [-0.2, -0.15) is 0 Å². The number of hydrogen-bond acceptors (Lipinski definition) is 2. The molecule has 2 unspecified atom stereocenters. The Bertz CT molecular complexity index is 235. The third-order valence-corrected chi connectivity index (χ3v) is 3.31. The fourth-order valence-corrected chi connectivity index (χ4v) is 2.32. The largest absolute Gasteiger partial charge is 0.478 e. The molecule has 1 fully saturated rings. The molecule has 0 heterocycles. The number of carboxylic acids is 1. The summed E-state index contributed by atoms with van der Waals surface area (Å²) in [4.78, 5) is 10.6. The first-order chi connectivity index (χ1) is 7.13. The molecule has 0 radical (unpaired) electrons. The summed E-state index contributed by atoms with van der Waals surface area (Å²) in [6, 6.07) is 0. The van der Waals surface area contributed by atoms with Gasteiger partial charge in [-0.25, -0.2) is 4.79 Å². The highest BCUT2D eigenvalue weighted by molar-refractivity contribution is 5.85. The van der Waals surface area contributed by atoms with Gasteiger partial charge in [-0.3, -0.25) is 0 Å². The average molecular weight is 212 g/mol. The van der Waals surface area contributed by atoms with E-state index in [9.17, 15) is 4.79 Å². The minimum Gasteiger partial charge on any atom is -0.478 e. The van der Waals surface area contributed by atoms with Crippen molar-refractivity contribution in [3.05, 3.63) is 12.2 Å². The van der Waals surface area contributed by atoms with Crippen LogP contribution in [0.15, 0.2) is 12.2 Å². The van der Waals surface area contributed by atoms with Gasteiger partial charge in [0.15, 0.2) is 0 Å². The van der Waals surface area contributed by atoms with Crippen molar-refractivity contribution in [2.45, 2.75) is 38.5 Å². The van der Waals surface area contributed by atoms with E-state index >= 15 is 0 Å². The number of aliphatic carboxylic acids is 1. The molecule has 1 saturated carbocycles. The van der Waals surface area contributed by atoms with Crippen molar-refractivity contribution in [1.29, 1.82) is 0 Å². The van der Waals surface area contributed by atoms with E-state index in [1.807, 2.05) is 0 Å². The van der Waals surface area contributed by atoms with Gasteiger partial charge in [0.1, 0.15) is 0 Å². The minimum atomic E-state index is -0.885. The van der Waals surface area contributed by atoms with Crippen molar-refractivity contribution in [1.82, 2.24) is 0 Å². The van der Waals surface area contributed by atoms with Crippen molar-refractivity contribution in [3.8, 4) is 0 Å². The molecule has 3 nitrogen and oxygen atoms in total. The summed E-state index contributed by atoms with van der Waals surface area (Å²) < 4.78 is 0. The van der Waals surface area contributed by atoms with Crippen LogP contribution in [0.25, 0.3) is 0 Å². The lowest BCUT2D eigenvalue weighted by molar-refractivity contribution is -0.132. The molecule has 15 heavy (non-hydrogen) atoms. The van der Waals surface area contributed by atoms with Gasteiger partial charge in [0.05, 0.1) is 0 Å². The SMILES string of the molecule is C=C(CCC1CCCC(CO)C1)C(=O)O. The molecule has 0 amide bonds. The standard InChI is InChI=1S/C12H20O3/c1-9(12(14)15)5-6-10-3-2-4-11(7-10)8-13/h10-11,13H,1-8H2,(H,14,15). The number of carboxylic acid groups (broad SMARTS) is 1. The third-order valence-electron chi connectivity index (χ3n) is 3.31. The molecule has 0 aromatic rings. The van der Waals surface area contributed by atoms with Crippen LogP contribution in [0.2, 0.25) is 0 Å². The zero-order chi connectivity index (χ0) is 11.3. The molecule has 1 aliphatic carbocycles. The van der Waals surface area contributed by atoms with Crippen molar-refractivity contribution in [2.24, 2.45) is 11.8 Å². The number of rotatable bonds is 5. The molecule has 1 rings (SSSR count). The van der Waals surface area contributed by atoms with E-state index in [2.05, 4.69) is 6.58 Å². The molecule has 2 atom stereocenters.